The first-order valence-corrected chi connectivity index (χ1v) is 10.1. The van der Waals surface area contributed by atoms with E-state index in [1.165, 1.54) is 24.4 Å². The normalized spacial score (nSPS) is 19.9. The Labute approximate surface area is 177 Å². The predicted octanol–water partition coefficient (Wildman–Crippen LogP) is 4.74. The summed E-state index contributed by atoms with van der Waals surface area (Å²) in [6, 6.07) is 5.70. The van der Waals surface area contributed by atoms with Crippen LogP contribution in [0.15, 0.2) is 30.5 Å². The predicted molar refractivity (Wildman–Crippen MR) is 114 cm³/mol. The van der Waals surface area contributed by atoms with Gasteiger partial charge in [-0.3, -0.25) is 9.78 Å². The van der Waals surface area contributed by atoms with Crippen LogP contribution in [0, 0.1) is 12.8 Å². The second kappa shape index (κ2) is 8.71. The highest BCUT2D eigenvalue weighted by atomic mass is 19.4. The number of ketones is 1. The molecule has 1 N–H and O–H groups in total. The van der Waals surface area contributed by atoms with Crippen molar-refractivity contribution < 1.29 is 20.8 Å². The molecule has 1 aliphatic rings. The van der Waals surface area contributed by atoms with Gasteiger partial charge in [0.15, 0.2) is 0 Å². The van der Waals surface area contributed by atoms with E-state index in [-0.39, 0.29) is 20.5 Å². The average Bonchev–Trinajstić information content (AvgIpc) is 2.65. The molecule has 2 aromatic heterocycles. The second-order valence-electron chi connectivity index (χ2n) is 8.33. The van der Waals surface area contributed by atoms with Crippen LogP contribution < -0.4 is 10.2 Å². The molecule has 0 bridgehead atoms. The molecule has 30 heavy (non-hydrogen) atoms. The fourth-order valence-electron chi connectivity index (χ4n) is 3.96. The van der Waals surface area contributed by atoms with Crippen LogP contribution in [0.5, 0.6) is 0 Å². The topological polar surface area (TPSA) is 58.1 Å². The summed E-state index contributed by atoms with van der Waals surface area (Å²) in [5, 5.41) is 3.53. The van der Waals surface area contributed by atoms with E-state index in [9.17, 15) is 18.0 Å². The molecule has 2 aromatic rings. The summed E-state index contributed by atoms with van der Waals surface area (Å²) in [5.74, 6) is 0.104. The number of rotatable bonds is 5. The van der Waals surface area contributed by atoms with Crippen molar-refractivity contribution in [2.75, 3.05) is 18.0 Å². The number of piperazine rings is 1. The van der Waals surface area contributed by atoms with Gasteiger partial charge in [0.2, 0.25) is 5.78 Å². The number of anilines is 1. The van der Waals surface area contributed by atoms with Gasteiger partial charge in [0.05, 0.1) is 5.56 Å². The quantitative estimate of drug-likeness (QED) is 0.703. The minimum atomic E-state index is -4.68. The SMILES string of the molecule is Cc1ncccc1C(=O)c1nc(N2C[C@H](CC(C)C)N[C@@H](C)C2)ccc1C(F)(F)F.[HH].[HH]. The number of hydrogen-bond donors (Lipinski definition) is 1. The molecule has 0 radical (unpaired) electrons. The van der Waals surface area contributed by atoms with Gasteiger partial charge in [-0.15, -0.1) is 0 Å². The van der Waals surface area contributed by atoms with Crippen molar-refractivity contribution in [3.05, 3.63) is 53.0 Å². The fraction of sp³-hybridized carbons (Fsp3) is 0.500. The standard InChI is InChI=1S/C22H27F3N4O.2H2/c1-13(2)10-16-12-29(11-14(3)27-16)19-8-7-18(22(23,24)25)20(28-19)21(30)17-6-5-9-26-15(17)4;;/h5-9,13-14,16,27H,10-12H2,1-4H3;2*1H/t14-,16-;;/m0../s1. The monoisotopic (exact) mass is 424 g/mol. The van der Waals surface area contributed by atoms with E-state index in [0.717, 1.165) is 12.5 Å². The van der Waals surface area contributed by atoms with Crippen molar-refractivity contribution in [3.63, 3.8) is 0 Å². The van der Waals surface area contributed by atoms with E-state index in [0.29, 0.717) is 30.5 Å². The molecule has 0 aliphatic carbocycles. The molecular formula is C22H31F3N4O. The molecule has 8 heteroatoms. The first kappa shape index (κ1) is 22.2. The number of hydrogen-bond acceptors (Lipinski definition) is 5. The molecule has 1 fully saturated rings. The highest BCUT2D eigenvalue weighted by Gasteiger charge is 2.37. The van der Waals surface area contributed by atoms with E-state index in [1.54, 1.807) is 6.92 Å². The Morgan fingerprint density at radius 1 is 1.30 bits per heavy atom. The minimum Gasteiger partial charge on any atom is -0.353 e. The van der Waals surface area contributed by atoms with Crippen LogP contribution in [0.2, 0.25) is 0 Å². The number of carbonyl (C=O) groups is 1. The zero-order chi connectivity index (χ0) is 22.1. The van der Waals surface area contributed by atoms with E-state index >= 15 is 0 Å². The van der Waals surface area contributed by atoms with Crippen molar-refractivity contribution in [1.82, 2.24) is 15.3 Å². The maximum atomic E-state index is 13.6. The summed E-state index contributed by atoms with van der Waals surface area (Å²) in [5.41, 5.74) is -1.11. The maximum absolute atomic E-state index is 13.6. The van der Waals surface area contributed by atoms with Crippen LogP contribution in [0.3, 0.4) is 0 Å². The fourth-order valence-corrected chi connectivity index (χ4v) is 3.96. The molecule has 1 saturated heterocycles. The third kappa shape index (κ3) is 4.98. The number of carbonyl (C=O) groups excluding carboxylic acids is 1. The first-order valence-electron chi connectivity index (χ1n) is 10.1. The molecule has 166 valence electrons. The average molecular weight is 425 g/mol. The van der Waals surface area contributed by atoms with Crippen LogP contribution in [-0.2, 0) is 6.18 Å². The Balaban J connectivity index is 0.00000256. The lowest BCUT2D eigenvalue weighted by Crippen LogP contribution is -2.56. The van der Waals surface area contributed by atoms with Gasteiger partial charge in [-0.1, -0.05) is 13.8 Å². The Kier molecular flexibility index (Phi) is 6.45. The van der Waals surface area contributed by atoms with Gasteiger partial charge in [-0.25, -0.2) is 4.98 Å². The van der Waals surface area contributed by atoms with Crippen LogP contribution in [0.1, 0.15) is 57.4 Å². The minimum absolute atomic E-state index is 0. The molecule has 5 nitrogen and oxygen atoms in total. The molecule has 0 spiro atoms. The highest BCUT2D eigenvalue weighted by molar-refractivity contribution is 6.09. The summed E-state index contributed by atoms with van der Waals surface area (Å²) in [6.45, 7) is 9.13. The Morgan fingerprint density at radius 3 is 2.67 bits per heavy atom. The Morgan fingerprint density at radius 2 is 2.03 bits per heavy atom. The number of aromatic nitrogens is 2. The Bertz CT molecular complexity index is 922. The lowest BCUT2D eigenvalue weighted by Gasteiger charge is -2.39. The molecule has 0 unspecified atom stereocenters. The number of alkyl halides is 3. The van der Waals surface area contributed by atoms with Crippen LogP contribution in [0.25, 0.3) is 0 Å². The van der Waals surface area contributed by atoms with Crippen molar-refractivity contribution in [2.24, 2.45) is 5.92 Å². The molecule has 3 rings (SSSR count). The Hall–Kier alpha value is -2.48. The summed E-state index contributed by atoms with van der Waals surface area (Å²) >= 11 is 0. The van der Waals surface area contributed by atoms with Crippen LogP contribution in [0.4, 0.5) is 19.0 Å². The number of nitrogens with one attached hydrogen (secondary N) is 1. The van der Waals surface area contributed by atoms with Gasteiger partial charge in [0.1, 0.15) is 11.5 Å². The maximum Gasteiger partial charge on any atom is 0.418 e. The number of nitrogens with zero attached hydrogens (tertiary/aromatic N) is 3. The smallest absolute Gasteiger partial charge is 0.353 e. The number of pyridine rings is 2. The highest BCUT2D eigenvalue weighted by Crippen LogP contribution is 2.34. The van der Waals surface area contributed by atoms with E-state index in [1.807, 2.05) is 11.8 Å². The molecule has 3 heterocycles. The van der Waals surface area contributed by atoms with Gasteiger partial charge >= 0.3 is 6.18 Å². The van der Waals surface area contributed by atoms with Crippen molar-refractivity contribution in [1.29, 1.82) is 0 Å². The van der Waals surface area contributed by atoms with E-state index in [2.05, 4.69) is 29.1 Å². The summed E-state index contributed by atoms with van der Waals surface area (Å²) < 4.78 is 40.9. The lowest BCUT2D eigenvalue weighted by molar-refractivity contribution is -0.138. The zero-order valence-electron chi connectivity index (χ0n) is 17.6. The van der Waals surface area contributed by atoms with Gasteiger partial charge in [-0.05, 0) is 50.5 Å². The number of aryl methyl sites for hydroxylation is 1. The molecule has 0 amide bonds. The van der Waals surface area contributed by atoms with Gasteiger partial charge < -0.3 is 10.2 Å². The van der Waals surface area contributed by atoms with Crippen molar-refractivity contribution in [3.8, 4) is 0 Å². The first-order chi connectivity index (χ1) is 14.1. The van der Waals surface area contributed by atoms with Gasteiger partial charge in [0, 0.05) is 45.5 Å². The summed E-state index contributed by atoms with van der Waals surface area (Å²) in [7, 11) is 0. The second-order valence-corrected chi connectivity index (χ2v) is 8.33. The molecular weight excluding hydrogens is 393 g/mol. The largest absolute Gasteiger partial charge is 0.418 e. The van der Waals surface area contributed by atoms with Crippen molar-refractivity contribution in [2.45, 2.75) is 52.4 Å². The molecule has 0 saturated carbocycles. The summed E-state index contributed by atoms with van der Waals surface area (Å²) in [6.07, 6.45) is -2.23. The van der Waals surface area contributed by atoms with Gasteiger partial charge in [-0.2, -0.15) is 13.2 Å². The van der Waals surface area contributed by atoms with E-state index in [4.69, 9.17) is 0 Å². The van der Waals surface area contributed by atoms with Gasteiger partial charge in [0.25, 0.3) is 0 Å². The third-order valence-corrected chi connectivity index (χ3v) is 5.19. The lowest BCUT2D eigenvalue weighted by atomic mass is 9.99. The van der Waals surface area contributed by atoms with E-state index < -0.39 is 23.2 Å². The molecule has 1 aliphatic heterocycles. The van der Waals surface area contributed by atoms with Crippen LogP contribution >= 0.6 is 0 Å². The third-order valence-electron chi connectivity index (χ3n) is 5.19. The zero-order valence-corrected chi connectivity index (χ0v) is 17.6. The summed E-state index contributed by atoms with van der Waals surface area (Å²) in [4.78, 5) is 23.2. The van der Waals surface area contributed by atoms with Crippen molar-refractivity contribution >= 4 is 11.6 Å². The molecule has 0 aromatic carbocycles. The molecule has 2 atom stereocenters. The van der Waals surface area contributed by atoms with Crippen LogP contribution in [-0.4, -0.2) is 40.9 Å². The number of halogens is 3.